The standard InChI is InChI=1S/C49H34N4S/c1-30-45-46(51-48(33-12-3-2-4-13-33)52-49(30,45)35-14-9-11-31(27-35)29-50)32-21-24-36(25-22-32)53-42-19-7-5-15-38(42)39-26-23-34(28-43(39)53)37-17-10-18-41-40-16-6-8-20-44(40)54-47(37)41/h2-28,30,45-46H,1H3,(H,51,52)/p+1. The average molecular weight is 712 g/mol. The molecule has 0 radical (unpaired) electrons. The Morgan fingerprint density at radius 3 is 2.26 bits per heavy atom. The van der Waals surface area contributed by atoms with Crippen molar-refractivity contribution in [2.24, 2.45) is 16.8 Å². The van der Waals surface area contributed by atoms with Gasteiger partial charge in [-0.15, -0.1) is 11.3 Å². The molecule has 4 unspecified atom stereocenters. The molecule has 0 amide bonds. The van der Waals surface area contributed by atoms with Crippen molar-refractivity contribution < 1.29 is 5.32 Å². The third-order valence-electron chi connectivity index (χ3n) is 12.1. The number of fused-ring (bicyclic) bond motifs is 7. The fourth-order valence-electron chi connectivity index (χ4n) is 9.51. The fraction of sp³-hybridized carbons (Fsp3) is 0.102. The van der Waals surface area contributed by atoms with E-state index in [-0.39, 0.29) is 11.6 Å². The van der Waals surface area contributed by atoms with Gasteiger partial charge in [0.2, 0.25) is 5.84 Å². The van der Waals surface area contributed by atoms with Gasteiger partial charge in [0.05, 0.1) is 34.1 Å². The zero-order valence-corrected chi connectivity index (χ0v) is 30.5. The predicted octanol–water partition coefficient (Wildman–Crippen LogP) is 10.9. The maximum absolute atomic E-state index is 9.77. The first-order valence-corrected chi connectivity index (χ1v) is 19.5. The van der Waals surface area contributed by atoms with E-state index in [2.05, 4.69) is 168 Å². The average Bonchev–Trinajstić information content (AvgIpc) is 3.50. The van der Waals surface area contributed by atoms with E-state index in [1.165, 1.54) is 58.7 Å². The van der Waals surface area contributed by atoms with Gasteiger partial charge in [0.15, 0.2) is 0 Å². The monoisotopic (exact) mass is 711 g/mol. The number of amidine groups is 1. The fourth-order valence-corrected chi connectivity index (χ4v) is 10.8. The third kappa shape index (κ3) is 4.54. The molecular formula is C49H35N4S+. The smallest absolute Gasteiger partial charge is 0.228 e. The van der Waals surface area contributed by atoms with Crippen molar-refractivity contribution in [2.75, 3.05) is 0 Å². The van der Waals surface area contributed by atoms with Crippen LogP contribution in [0, 0.1) is 23.2 Å². The highest BCUT2D eigenvalue weighted by Crippen LogP contribution is 2.65. The van der Waals surface area contributed by atoms with Crippen molar-refractivity contribution in [1.82, 2.24) is 4.57 Å². The molecule has 4 nitrogen and oxygen atoms in total. The number of rotatable bonds is 5. The Morgan fingerprint density at radius 1 is 0.667 bits per heavy atom. The van der Waals surface area contributed by atoms with Crippen LogP contribution in [0.2, 0.25) is 0 Å². The highest BCUT2D eigenvalue weighted by atomic mass is 32.1. The van der Waals surface area contributed by atoms with Gasteiger partial charge in [-0.1, -0.05) is 116 Å². The van der Waals surface area contributed by atoms with Crippen molar-refractivity contribution in [3.8, 4) is 22.9 Å². The van der Waals surface area contributed by atoms with Gasteiger partial charge in [0, 0.05) is 42.2 Å². The minimum absolute atomic E-state index is 0.180. The van der Waals surface area contributed by atoms with Crippen LogP contribution in [-0.2, 0) is 5.54 Å². The first kappa shape index (κ1) is 31.2. The molecule has 4 atom stereocenters. The first-order valence-electron chi connectivity index (χ1n) is 18.7. The van der Waals surface area contributed by atoms with Gasteiger partial charge < -0.3 is 4.57 Å². The molecule has 5 heteroatoms. The Hall–Kier alpha value is -6.32. The summed E-state index contributed by atoms with van der Waals surface area (Å²) in [6, 6.07) is 61.6. The van der Waals surface area contributed by atoms with Crippen LogP contribution in [0.3, 0.4) is 0 Å². The van der Waals surface area contributed by atoms with Crippen LogP contribution in [0.1, 0.15) is 35.2 Å². The summed E-state index contributed by atoms with van der Waals surface area (Å²) in [5, 5.41) is 17.3. The van der Waals surface area contributed by atoms with E-state index in [0.717, 1.165) is 22.6 Å². The molecule has 0 saturated heterocycles. The second-order valence-corrected chi connectivity index (χ2v) is 15.9. The number of aliphatic imine (C=N–C) groups is 1. The number of hydrogen-bond acceptors (Lipinski definition) is 3. The van der Waals surface area contributed by atoms with Crippen LogP contribution in [-0.4, -0.2) is 10.4 Å². The van der Waals surface area contributed by atoms with Crippen molar-refractivity contribution in [2.45, 2.75) is 18.5 Å². The second kappa shape index (κ2) is 11.8. The maximum atomic E-state index is 9.77. The molecule has 1 fully saturated rings. The Morgan fingerprint density at radius 2 is 1.41 bits per heavy atom. The molecule has 1 saturated carbocycles. The number of quaternary nitrogens is 1. The van der Waals surface area contributed by atoms with Gasteiger partial charge in [-0.2, -0.15) is 5.26 Å². The van der Waals surface area contributed by atoms with Gasteiger partial charge in [-0.05, 0) is 77.2 Å². The molecule has 256 valence electrons. The van der Waals surface area contributed by atoms with Gasteiger partial charge in [0.1, 0.15) is 11.6 Å². The molecule has 11 rings (SSSR count). The Labute approximate surface area is 317 Å². The highest BCUT2D eigenvalue weighted by Gasteiger charge is 2.70. The number of aromatic nitrogens is 1. The topological polar surface area (TPSA) is 57.7 Å². The lowest BCUT2D eigenvalue weighted by Crippen LogP contribution is -2.91. The largest absolute Gasteiger partial charge is 0.309 e. The molecule has 1 aliphatic heterocycles. The summed E-state index contributed by atoms with van der Waals surface area (Å²) in [5.74, 6) is 1.66. The summed E-state index contributed by atoms with van der Waals surface area (Å²) in [5.41, 5.74) is 9.91. The van der Waals surface area contributed by atoms with Gasteiger partial charge >= 0.3 is 0 Å². The second-order valence-electron chi connectivity index (χ2n) is 14.8. The lowest BCUT2D eigenvalue weighted by atomic mass is 9.92. The summed E-state index contributed by atoms with van der Waals surface area (Å²) in [6.07, 6.45) is 0. The maximum Gasteiger partial charge on any atom is 0.228 e. The number of nitrogens with two attached hydrogens (primary N) is 1. The highest BCUT2D eigenvalue weighted by molar-refractivity contribution is 7.26. The minimum atomic E-state index is -0.364. The van der Waals surface area contributed by atoms with Gasteiger partial charge in [-0.3, -0.25) is 5.32 Å². The zero-order chi connectivity index (χ0) is 36.0. The zero-order valence-electron chi connectivity index (χ0n) is 29.6. The molecule has 2 aliphatic rings. The van der Waals surface area contributed by atoms with E-state index < -0.39 is 0 Å². The minimum Gasteiger partial charge on any atom is -0.309 e. The van der Waals surface area contributed by atoms with Crippen LogP contribution in [0.25, 0.3) is 58.8 Å². The first-order chi connectivity index (χ1) is 26.6. The van der Waals surface area contributed by atoms with Crippen LogP contribution in [0.15, 0.2) is 169 Å². The molecule has 2 N–H and O–H groups in total. The third-order valence-corrected chi connectivity index (χ3v) is 13.3. The summed E-state index contributed by atoms with van der Waals surface area (Å²) in [6.45, 7) is 2.32. The molecule has 54 heavy (non-hydrogen) atoms. The van der Waals surface area contributed by atoms with Crippen LogP contribution in [0.5, 0.6) is 0 Å². The number of thiophene rings is 1. The summed E-state index contributed by atoms with van der Waals surface area (Å²) >= 11 is 1.88. The van der Waals surface area contributed by atoms with E-state index in [1.54, 1.807) is 0 Å². The quantitative estimate of drug-likeness (QED) is 0.190. The molecule has 9 aromatic rings. The van der Waals surface area contributed by atoms with E-state index in [0.29, 0.717) is 17.4 Å². The number of hydrogen-bond donors (Lipinski definition) is 1. The summed E-state index contributed by atoms with van der Waals surface area (Å²) in [7, 11) is 0. The van der Waals surface area contributed by atoms with Gasteiger partial charge in [0.25, 0.3) is 0 Å². The number of benzene rings is 7. The number of nitriles is 1. The Bertz CT molecular complexity index is 3020. The van der Waals surface area contributed by atoms with Crippen LogP contribution < -0.4 is 5.32 Å². The molecule has 7 aromatic carbocycles. The van der Waals surface area contributed by atoms with E-state index in [1.807, 2.05) is 29.5 Å². The van der Waals surface area contributed by atoms with E-state index >= 15 is 0 Å². The van der Waals surface area contributed by atoms with Gasteiger partial charge in [-0.25, -0.2) is 4.99 Å². The van der Waals surface area contributed by atoms with Crippen molar-refractivity contribution in [3.05, 3.63) is 186 Å². The van der Waals surface area contributed by atoms with Crippen molar-refractivity contribution >= 4 is 59.2 Å². The SMILES string of the molecule is CC1C2C(c3ccc(-n4c5ccccc5c5ccc(-c6cccc7c6sc6ccccc67)cc54)cc3)[NH2+]C(c3ccccc3)=NC12c1cccc(C#N)c1. The lowest BCUT2D eigenvalue weighted by Gasteiger charge is -2.26. The van der Waals surface area contributed by atoms with Crippen molar-refractivity contribution in [1.29, 1.82) is 5.26 Å². The van der Waals surface area contributed by atoms with E-state index in [9.17, 15) is 5.26 Å². The molecule has 2 aromatic heterocycles. The summed E-state index contributed by atoms with van der Waals surface area (Å²) in [4.78, 5) is 5.50. The number of nitrogens with zero attached hydrogens (tertiary/aromatic N) is 3. The van der Waals surface area contributed by atoms with Crippen LogP contribution >= 0.6 is 11.3 Å². The van der Waals surface area contributed by atoms with Crippen LogP contribution in [0.4, 0.5) is 0 Å². The number of para-hydroxylation sites is 1. The molecule has 3 heterocycles. The molecular weight excluding hydrogens is 677 g/mol. The summed E-state index contributed by atoms with van der Waals surface area (Å²) < 4.78 is 5.08. The van der Waals surface area contributed by atoms with Crippen molar-refractivity contribution in [3.63, 3.8) is 0 Å². The molecule has 1 aliphatic carbocycles. The Balaban J connectivity index is 1.03. The molecule has 0 bridgehead atoms. The molecule has 0 spiro atoms. The lowest BCUT2D eigenvalue weighted by molar-refractivity contribution is -0.596. The Kier molecular flexibility index (Phi) is 6.85. The predicted molar refractivity (Wildman–Crippen MR) is 222 cm³/mol. The normalized spacial score (nSPS) is 20.6. The van der Waals surface area contributed by atoms with E-state index in [4.69, 9.17) is 4.99 Å².